The van der Waals surface area contributed by atoms with Crippen molar-refractivity contribution in [2.24, 2.45) is 0 Å². The number of hydrogen-bond donors (Lipinski definition) is 0. The minimum absolute atomic E-state index is 0.0305. The van der Waals surface area contributed by atoms with E-state index in [1.165, 1.54) is 226 Å². The molecule has 10 nitrogen and oxygen atoms in total. The van der Waals surface area contributed by atoms with Crippen LogP contribution in [0.2, 0.25) is 0 Å². The SMILES string of the molecule is CCCCCCCCCCCC1c2cc3c4cc2OCOc2cc5c(cc21)C(CCCCCCCCCCC)c1cc2c(c(-c6ccc(C(=O)OCC)cc6)c1OCO5)OCOc1cc(c(cc1C2CCCCCCCCCCC)C3CCCCCCCCCCC)OCO4. The van der Waals surface area contributed by atoms with Crippen molar-refractivity contribution in [1.29, 1.82) is 0 Å². The summed E-state index contributed by atoms with van der Waals surface area (Å²) in [6.07, 6.45) is 48.5. The molecule has 10 rings (SSSR count). The lowest BCUT2D eigenvalue weighted by molar-refractivity contribution is 0.0526. The van der Waals surface area contributed by atoms with Crippen molar-refractivity contribution in [2.75, 3.05) is 33.8 Å². The van der Waals surface area contributed by atoms with Crippen LogP contribution in [0.15, 0.2) is 66.7 Å². The number of benzene rings is 5. The van der Waals surface area contributed by atoms with Crippen molar-refractivity contribution in [1.82, 2.24) is 0 Å². The van der Waals surface area contributed by atoms with Gasteiger partial charge in [0.1, 0.15) is 46.0 Å². The van der Waals surface area contributed by atoms with E-state index >= 15 is 0 Å². The van der Waals surface area contributed by atoms with Gasteiger partial charge in [0.05, 0.1) is 17.7 Å². The number of unbranched alkanes of at least 4 members (excludes halogenated alkanes) is 32. The monoisotopic (exact) mass is 1300 g/mol. The summed E-state index contributed by atoms with van der Waals surface area (Å²) in [6.45, 7) is 11.4. The molecule has 0 saturated carbocycles. The van der Waals surface area contributed by atoms with Crippen LogP contribution in [0, 0.1) is 0 Å². The van der Waals surface area contributed by atoms with Crippen molar-refractivity contribution in [2.45, 2.75) is 315 Å². The van der Waals surface area contributed by atoms with Crippen LogP contribution in [-0.4, -0.2) is 39.7 Å². The highest BCUT2D eigenvalue weighted by Gasteiger charge is 2.39. The molecule has 0 fully saturated rings. The molecule has 0 radical (unpaired) electrons. The van der Waals surface area contributed by atoms with Crippen molar-refractivity contribution in [3.8, 4) is 57.1 Å². The van der Waals surface area contributed by atoms with Gasteiger partial charge < -0.3 is 42.6 Å². The Kier molecular flexibility index (Phi) is 29.3. The average molecular weight is 1300 g/mol. The molecule has 0 aromatic heterocycles. The largest absolute Gasteiger partial charge is 0.462 e. The van der Waals surface area contributed by atoms with Crippen molar-refractivity contribution in [3.05, 3.63) is 117 Å². The normalized spacial score (nSPS) is 17.1. The molecule has 520 valence electrons. The second-order valence-corrected chi connectivity index (χ2v) is 28.5. The van der Waals surface area contributed by atoms with E-state index in [9.17, 15) is 4.79 Å². The van der Waals surface area contributed by atoms with Crippen LogP contribution in [0.25, 0.3) is 11.1 Å². The molecule has 8 bridgehead atoms. The quantitative estimate of drug-likeness (QED) is 0.0277. The van der Waals surface area contributed by atoms with Gasteiger partial charge in [-0.3, -0.25) is 0 Å². The Morgan fingerprint density at radius 1 is 0.305 bits per heavy atom. The van der Waals surface area contributed by atoms with Crippen LogP contribution >= 0.6 is 0 Å². The lowest BCUT2D eigenvalue weighted by Crippen LogP contribution is -2.23. The third kappa shape index (κ3) is 19.4. The smallest absolute Gasteiger partial charge is 0.338 e. The molecule has 1 aliphatic carbocycles. The Morgan fingerprint density at radius 2 is 0.547 bits per heavy atom. The Labute approximate surface area is 573 Å². The molecule has 4 atom stereocenters. The highest BCUT2D eigenvalue weighted by atomic mass is 16.7. The lowest BCUT2D eigenvalue weighted by Gasteiger charge is -2.36. The van der Waals surface area contributed by atoms with Gasteiger partial charge in [0.15, 0.2) is 0 Å². The van der Waals surface area contributed by atoms with Crippen LogP contribution in [-0.2, 0) is 4.74 Å². The fourth-order valence-electron chi connectivity index (χ4n) is 16.1. The topological polar surface area (TPSA) is 100 Å². The first-order chi connectivity index (χ1) is 46.9. The van der Waals surface area contributed by atoms with E-state index < -0.39 is 0 Å². The summed E-state index contributed by atoms with van der Waals surface area (Å²) in [5.41, 5.74) is 11.6. The van der Waals surface area contributed by atoms with E-state index in [4.69, 9.17) is 42.6 Å². The molecule has 10 heteroatoms. The van der Waals surface area contributed by atoms with Crippen molar-refractivity contribution < 1.29 is 47.4 Å². The Hall–Kier alpha value is -6.03. The van der Waals surface area contributed by atoms with Gasteiger partial charge in [0.2, 0.25) is 27.2 Å². The minimum Gasteiger partial charge on any atom is -0.462 e. The molecule has 95 heavy (non-hydrogen) atoms. The Balaban J connectivity index is 1.18. The number of hydrogen-bond acceptors (Lipinski definition) is 10. The predicted molar refractivity (Wildman–Crippen MR) is 386 cm³/mol. The standard InChI is InChI=1S/C85H120O10/c1-6-11-15-19-23-27-31-35-39-43-64-68-51-69-65(44-40-36-32-28-24-20-16-12-7-2)71-53-73-67(46-42-38-34-30-26-22-18-14-9-4)75-54-74-66(45-41-37-33-29-25-21-17-13-8-3)72-52-70(64)78-56-80(72)92-60-94-83(74)82(62-47-49-63(50-48-62)85(86)87-10-5)84(75)95-61-93-81(73)57-79(71)91-59-89-77(69)55-76(68)88-58-90-78/h47-57,64-67H,6-46,58-61H2,1-5H3. The molecule has 0 N–H and O–H groups in total. The molecule has 5 aromatic rings. The van der Waals surface area contributed by atoms with Gasteiger partial charge in [-0.2, -0.15) is 0 Å². The zero-order valence-corrected chi connectivity index (χ0v) is 59.6. The molecule has 0 spiro atoms. The number of esters is 1. The van der Waals surface area contributed by atoms with E-state index in [1.807, 2.05) is 19.1 Å². The molecule has 5 aromatic carbocycles. The van der Waals surface area contributed by atoms with Gasteiger partial charge in [-0.25, -0.2) is 4.79 Å². The van der Waals surface area contributed by atoms with Gasteiger partial charge in [0.25, 0.3) is 0 Å². The maximum absolute atomic E-state index is 13.4. The summed E-state index contributed by atoms with van der Waals surface area (Å²) in [5, 5.41) is 0. The van der Waals surface area contributed by atoms with E-state index in [1.54, 1.807) is 0 Å². The van der Waals surface area contributed by atoms with Gasteiger partial charge in [-0.1, -0.05) is 271 Å². The maximum atomic E-state index is 13.4. The first kappa shape index (κ1) is 71.7. The summed E-state index contributed by atoms with van der Waals surface area (Å²) in [6, 6.07) is 24.5. The van der Waals surface area contributed by atoms with E-state index in [2.05, 4.69) is 82.3 Å². The fourth-order valence-corrected chi connectivity index (χ4v) is 16.1. The maximum Gasteiger partial charge on any atom is 0.338 e. The van der Waals surface area contributed by atoms with Crippen molar-refractivity contribution in [3.63, 3.8) is 0 Å². The second kappa shape index (κ2) is 38.8. The van der Waals surface area contributed by atoms with Crippen LogP contribution in [0.4, 0.5) is 0 Å². The number of carbonyl (C=O) groups is 1. The molecular formula is C85H120O10. The first-order valence-corrected chi connectivity index (χ1v) is 39.0. The molecular weight excluding hydrogens is 1180 g/mol. The van der Waals surface area contributed by atoms with E-state index in [0.29, 0.717) is 12.2 Å². The highest BCUT2D eigenvalue weighted by molar-refractivity contribution is 5.91. The van der Waals surface area contributed by atoms with Gasteiger partial charge in [0, 0.05) is 86.4 Å². The summed E-state index contributed by atoms with van der Waals surface area (Å²) < 4.78 is 61.6. The Bertz CT molecular complexity index is 2960. The number of ether oxygens (including phenoxy) is 9. The lowest BCUT2D eigenvalue weighted by atomic mass is 9.75. The van der Waals surface area contributed by atoms with Gasteiger partial charge >= 0.3 is 5.97 Å². The van der Waals surface area contributed by atoms with Crippen LogP contribution in [0.5, 0.6) is 46.0 Å². The third-order valence-electron chi connectivity index (χ3n) is 21.5. The molecule has 0 saturated heterocycles. The molecule has 0 amide bonds. The zero-order valence-electron chi connectivity index (χ0n) is 59.6. The van der Waals surface area contributed by atoms with Gasteiger partial charge in [-0.15, -0.1) is 0 Å². The highest BCUT2D eigenvalue weighted by Crippen LogP contribution is 2.58. The minimum atomic E-state index is -0.344. The summed E-state index contributed by atoms with van der Waals surface area (Å²) in [7, 11) is 0. The fraction of sp³-hybridized carbons (Fsp3) is 0.635. The molecule has 4 aliphatic heterocycles. The Morgan fingerprint density at radius 3 is 0.821 bits per heavy atom. The van der Waals surface area contributed by atoms with E-state index in [0.717, 1.165) is 132 Å². The number of rotatable bonds is 43. The summed E-state index contributed by atoms with van der Waals surface area (Å²) in [4.78, 5) is 13.4. The predicted octanol–water partition coefficient (Wildman–Crippen LogP) is 25.0. The number of carbonyl (C=O) groups excluding carboxylic acids is 1. The van der Waals surface area contributed by atoms with Crippen LogP contribution < -0.4 is 37.9 Å². The molecule has 5 aliphatic rings. The molecule has 4 heterocycles. The molecule has 4 unspecified atom stereocenters. The second-order valence-electron chi connectivity index (χ2n) is 28.5. The van der Waals surface area contributed by atoms with Crippen LogP contribution in [0.1, 0.15) is 370 Å². The first-order valence-electron chi connectivity index (χ1n) is 39.0. The van der Waals surface area contributed by atoms with Gasteiger partial charge in [-0.05, 0) is 74.6 Å². The summed E-state index contributed by atoms with van der Waals surface area (Å²) in [5.74, 6) is 5.63. The third-order valence-corrected chi connectivity index (χ3v) is 21.5. The van der Waals surface area contributed by atoms with Crippen LogP contribution in [0.3, 0.4) is 0 Å². The van der Waals surface area contributed by atoms with Crippen molar-refractivity contribution >= 4 is 5.97 Å². The summed E-state index contributed by atoms with van der Waals surface area (Å²) >= 11 is 0. The average Bonchev–Trinajstić information content (AvgIpc) is 0.733. The van der Waals surface area contributed by atoms with E-state index in [-0.39, 0.29) is 56.8 Å². The zero-order chi connectivity index (χ0) is 65.8.